The van der Waals surface area contributed by atoms with Crippen molar-refractivity contribution in [2.75, 3.05) is 22.7 Å². The predicted molar refractivity (Wildman–Crippen MR) is 138 cm³/mol. The average molecular weight is 539 g/mol. The third-order valence-electron chi connectivity index (χ3n) is 5.46. The van der Waals surface area contributed by atoms with E-state index in [-0.39, 0.29) is 10.9 Å². The number of sulfonamides is 1. The zero-order chi connectivity index (χ0) is 24.5. The van der Waals surface area contributed by atoms with E-state index >= 15 is 0 Å². The molecule has 6 nitrogen and oxygen atoms in total. The van der Waals surface area contributed by atoms with Crippen LogP contribution in [0.2, 0.25) is 15.1 Å². The van der Waals surface area contributed by atoms with Gasteiger partial charge in [0, 0.05) is 24.7 Å². The van der Waals surface area contributed by atoms with Gasteiger partial charge >= 0.3 is 6.03 Å². The van der Waals surface area contributed by atoms with Gasteiger partial charge in [-0.05, 0) is 66.9 Å². The molecular weight excluding hydrogens is 517 g/mol. The van der Waals surface area contributed by atoms with Crippen molar-refractivity contribution in [3.63, 3.8) is 0 Å². The molecule has 3 aromatic rings. The van der Waals surface area contributed by atoms with Gasteiger partial charge in [0.05, 0.1) is 26.3 Å². The second-order valence-electron chi connectivity index (χ2n) is 8.04. The zero-order valence-corrected chi connectivity index (χ0v) is 21.3. The van der Waals surface area contributed by atoms with Crippen molar-refractivity contribution in [1.82, 2.24) is 4.90 Å². The summed E-state index contributed by atoms with van der Waals surface area (Å²) in [5.41, 5.74) is 2.52. The Kier molecular flexibility index (Phi) is 7.28. The number of carbonyl (C=O) groups is 1. The van der Waals surface area contributed by atoms with Gasteiger partial charge in [0.25, 0.3) is 10.0 Å². The first kappa shape index (κ1) is 24.7. The Morgan fingerprint density at radius 3 is 2.47 bits per heavy atom. The number of amides is 2. The topological polar surface area (TPSA) is 69.7 Å². The minimum absolute atomic E-state index is 0.0404. The number of hydrogen-bond acceptors (Lipinski definition) is 3. The highest BCUT2D eigenvalue weighted by molar-refractivity contribution is 7.92. The van der Waals surface area contributed by atoms with Crippen molar-refractivity contribution in [2.24, 2.45) is 0 Å². The molecule has 10 heteroatoms. The fraction of sp³-hybridized carbons (Fsp3) is 0.208. The van der Waals surface area contributed by atoms with Crippen LogP contribution in [0, 0.1) is 6.92 Å². The summed E-state index contributed by atoms with van der Waals surface area (Å²) in [4.78, 5) is 16.7. The first-order valence-corrected chi connectivity index (χ1v) is 13.2. The number of carbonyl (C=O) groups excluding carboxylic acids is 1. The van der Waals surface area contributed by atoms with Crippen LogP contribution in [0.1, 0.15) is 17.5 Å². The summed E-state index contributed by atoms with van der Waals surface area (Å²) in [5.74, 6) is 0. The summed E-state index contributed by atoms with van der Waals surface area (Å²) in [7, 11) is -3.92. The third-order valence-corrected chi connectivity index (χ3v) is 7.80. The highest BCUT2D eigenvalue weighted by Crippen LogP contribution is 2.32. The lowest BCUT2D eigenvalue weighted by molar-refractivity contribution is 0.192. The van der Waals surface area contributed by atoms with Crippen LogP contribution in [0.15, 0.2) is 65.6 Å². The molecule has 0 spiro atoms. The number of anilines is 2. The van der Waals surface area contributed by atoms with Crippen molar-refractivity contribution >= 4 is 62.2 Å². The minimum atomic E-state index is -3.92. The summed E-state index contributed by atoms with van der Waals surface area (Å²) in [6.07, 6.45) is 0.724. The lowest BCUT2D eigenvalue weighted by atomic mass is 10.1. The van der Waals surface area contributed by atoms with Gasteiger partial charge in [0.15, 0.2) is 0 Å². The summed E-state index contributed by atoms with van der Waals surface area (Å²) >= 11 is 18.1. The van der Waals surface area contributed by atoms with E-state index in [1.807, 2.05) is 19.1 Å². The lowest BCUT2D eigenvalue weighted by Crippen LogP contribution is -2.49. The van der Waals surface area contributed by atoms with Crippen molar-refractivity contribution in [3.8, 4) is 0 Å². The molecule has 1 saturated heterocycles. The fourth-order valence-corrected chi connectivity index (χ4v) is 5.50. The normalized spacial score (nSPS) is 14.4. The van der Waals surface area contributed by atoms with Crippen LogP contribution in [0.5, 0.6) is 0 Å². The van der Waals surface area contributed by atoms with Gasteiger partial charge in [0.1, 0.15) is 0 Å². The quantitative estimate of drug-likeness (QED) is 0.385. The van der Waals surface area contributed by atoms with Crippen LogP contribution < -0.4 is 9.62 Å². The number of nitrogens with zero attached hydrogens (tertiary/aromatic N) is 2. The Balaban J connectivity index is 1.62. The molecule has 1 heterocycles. The van der Waals surface area contributed by atoms with Crippen LogP contribution >= 0.6 is 34.8 Å². The lowest BCUT2D eigenvalue weighted by Gasteiger charge is -2.36. The number of urea groups is 1. The van der Waals surface area contributed by atoms with Gasteiger partial charge in [-0.3, -0.25) is 9.62 Å². The van der Waals surface area contributed by atoms with Crippen molar-refractivity contribution in [1.29, 1.82) is 0 Å². The Labute approximate surface area is 214 Å². The Morgan fingerprint density at radius 1 is 0.941 bits per heavy atom. The van der Waals surface area contributed by atoms with Gasteiger partial charge in [-0.2, -0.15) is 0 Å². The maximum Gasteiger partial charge on any atom is 0.324 e. The average Bonchev–Trinajstić information content (AvgIpc) is 2.78. The van der Waals surface area contributed by atoms with Gasteiger partial charge in [0.2, 0.25) is 0 Å². The van der Waals surface area contributed by atoms with Gasteiger partial charge in [-0.15, -0.1) is 0 Å². The monoisotopic (exact) mass is 537 g/mol. The predicted octanol–water partition coefficient (Wildman–Crippen LogP) is 6.59. The summed E-state index contributed by atoms with van der Waals surface area (Å²) in [5, 5.41) is 1.20. The summed E-state index contributed by atoms with van der Waals surface area (Å²) < 4.78 is 28.7. The largest absolute Gasteiger partial charge is 0.324 e. The first-order chi connectivity index (χ1) is 16.1. The molecule has 0 unspecified atom stereocenters. The van der Waals surface area contributed by atoms with E-state index in [1.165, 1.54) is 12.1 Å². The van der Waals surface area contributed by atoms with Crippen molar-refractivity contribution < 1.29 is 13.2 Å². The molecule has 4 rings (SSSR count). The van der Waals surface area contributed by atoms with Crippen molar-refractivity contribution in [2.45, 2.75) is 24.8 Å². The zero-order valence-electron chi connectivity index (χ0n) is 18.3. The van der Waals surface area contributed by atoms with Crippen LogP contribution in [0.4, 0.5) is 16.2 Å². The molecule has 0 atom stereocenters. The number of aryl methyl sites for hydroxylation is 1. The third kappa shape index (κ3) is 5.44. The number of halogens is 3. The molecule has 3 aromatic carbocycles. The number of hydrogen-bond donors (Lipinski definition) is 1. The van der Waals surface area contributed by atoms with E-state index < -0.39 is 10.0 Å². The molecule has 0 saturated carbocycles. The van der Waals surface area contributed by atoms with Crippen LogP contribution in [0.25, 0.3) is 0 Å². The number of rotatable bonds is 6. The molecule has 1 fully saturated rings. The molecule has 0 radical (unpaired) electrons. The van der Waals surface area contributed by atoms with Gasteiger partial charge in [-0.1, -0.05) is 53.0 Å². The van der Waals surface area contributed by atoms with E-state index in [0.29, 0.717) is 46.1 Å². The second-order valence-corrected chi connectivity index (χ2v) is 11.0. The van der Waals surface area contributed by atoms with Gasteiger partial charge in [-0.25, -0.2) is 13.2 Å². The molecule has 178 valence electrons. The molecule has 2 amide bonds. The molecule has 1 aliphatic rings. The molecule has 1 N–H and O–H groups in total. The van der Waals surface area contributed by atoms with Crippen LogP contribution in [-0.2, 0) is 16.6 Å². The molecule has 1 aliphatic heterocycles. The standard InChI is InChI=1S/C24H22Cl3N3O3S/c1-16-6-9-23(22(12-16)28-34(32,33)19-5-2-4-18(25)14-19)30-11-3-10-29(24(30)31)15-17-7-8-20(26)21(27)13-17/h2,4-9,12-14,28H,3,10-11,15H2,1H3. The minimum Gasteiger partial charge on any atom is -0.320 e. The van der Waals surface area contributed by atoms with E-state index in [9.17, 15) is 13.2 Å². The van der Waals surface area contributed by atoms with E-state index in [4.69, 9.17) is 34.8 Å². The van der Waals surface area contributed by atoms with E-state index in [1.54, 1.807) is 46.2 Å². The maximum atomic E-state index is 13.4. The Hall–Kier alpha value is -2.45. The summed E-state index contributed by atoms with van der Waals surface area (Å²) in [6.45, 7) is 3.26. The smallest absolute Gasteiger partial charge is 0.320 e. The van der Waals surface area contributed by atoms with Crippen LogP contribution in [0.3, 0.4) is 0 Å². The molecule has 0 bridgehead atoms. The molecule has 0 aliphatic carbocycles. The van der Waals surface area contributed by atoms with Crippen molar-refractivity contribution in [3.05, 3.63) is 86.9 Å². The summed E-state index contributed by atoms with van der Waals surface area (Å²) in [6, 6.07) is 16.4. The maximum absolute atomic E-state index is 13.4. The van der Waals surface area contributed by atoms with Crippen LogP contribution in [-0.4, -0.2) is 32.4 Å². The Morgan fingerprint density at radius 2 is 1.74 bits per heavy atom. The SMILES string of the molecule is Cc1ccc(N2CCCN(Cc3ccc(Cl)c(Cl)c3)C2=O)c(NS(=O)(=O)c2cccc(Cl)c2)c1. The first-order valence-electron chi connectivity index (χ1n) is 10.5. The fourth-order valence-electron chi connectivity index (χ4n) is 3.82. The second kappa shape index (κ2) is 10.0. The molecular formula is C24H22Cl3N3O3S. The highest BCUT2D eigenvalue weighted by atomic mass is 35.5. The molecule has 34 heavy (non-hydrogen) atoms. The van der Waals surface area contributed by atoms with E-state index in [0.717, 1.165) is 17.5 Å². The number of nitrogens with one attached hydrogen (secondary N) is 1. The highest BCUT2D eigenvalue weighted by Gasteiger charge is 2.29. The molecule has 0 aromatic heterocycles. The Bertz CT molecular complexity index is 1350. The van der Waals surface area contributed by atoms with E-state index in [2.05, 4.69) is 4.72 Å². The number of benzene rings is 3. The van der Waals surface area contributed by atoms with Gasteiger partial charge < -0.3 is 4.90 Å².